The van der Waals surface area contributed by atoms with E-state index < -0.39 is 11.1 Å². The molecule has 0 spiro atoms. The standard InChI is InChI=1S/C14H22N2O2S/c1-10-9-15-12(19-10)13(2,3)16-11(17)8-14(18)6-4-5-7-14/h9,18H,4-8H2,1-3H3,(H,16,17). The predicted molar refractivity (Wildman–Crippen MR) is 76.1 cm³/mol. The molecule has 0 saturated heterocycles. The van der Waals surface area contributed by atoms with Crippen molar-refractivity contribution in [2.45, 2.75) is 64.0 Å². The summed E-state index contributed by atoms with van der Waals surface area (Å²) in [5.74, 6) is -0.0951. The minimum Gasteiger partial charge on any atom is -0.389 e. The molecule has 4 nitrogen and oxygen atoms in total. The van der Waals surface area contributed by atoms with Crippen molar-refractivity contribution in [1.82, 2.24) is 10.3 Å². The zero-order valence-corrected chi connectivity index (χ0v) is 12.6. The largest absolute Gasteiger partial charge is 0.389 e. The van der Waals surface area contributed by atoms with Crippen LogP contribution < -0.4 is 5.32 Å². The van der Waals surface area contributed by atoms with Crippen molar-refractivity contribution in [1.29, 1.82) is 0 Å². The molecule has 1 aliphatic carbocycles. The fourth-order valence-electron chi connectivity index (χ4n) is 2.60. The molecule has 0 radical (unpaired) electrons. The van der Waals surface area contributed by atoms with Gasteiger partial charge in [-0.3, -0.25) is 4.79 Å². The van der Waals surface area contributed by atoms with Crippen LogP contribution in [0.1, 0.15) is 55.8 Å². The van der Waals surface area contributed by atoms with E-state index in [1.165, 1.54) is 0 Å². The lowest BCUT2D eigenvalue weighted by Crippen LogP contribution is -2.44. The van der Waals surface area contributed by atoms with Crippen molar-refractivity contribution >= 4 is 17.2 Å². The molecule has 19 heavy (non-hydrogen) atoms. The maximum absolute atomic E-state index is 12.1. The number of hydrogen-bond acceptors (Lipinski definition) is 4. The van der Waals surface area contributed by atoms with Crippen LogP contribution in [0, 0.1) is 6.92 Å². The van der Waals surface area contributed by atoms with Gasteiger partial charge in [-0.15, -0.1) is 11.3 Å². The molecule has 1 saturated carbocycles. The normalized spacial score (nSPS) is 18.5. The van der Waals surface area contributed by atoms with E-state index in [0.717, 1.165) is 35.6 Å². The van der Waals surface area contributed by atoms with Gasteiger partial charge in [0.2, 0.25) is 5.91 Å². The second kappa shape index (κ2) is 5.21. The van der Waals surface area contributed by atoms with Crippen molar-refractivity contribution in [3.05, 3.63) is 16.1 Å². The molecule has 5 heteroatoms. The third-order valence-corrected chi connectivity index (χ3v) is 4.87. The number of aromatic nitrogens is 1. The number of hydrogen-bond donors (Lipinski definition) is 2. The van der Waals surface area contributed by atoms with E-state index >= 15 is 0 Å². The molecule has 1 aromatic rings. The second-order valence-electron chi connectivity index (χ2n) is 6.06. The molecule has 0 atom stereocenters. The second-order valence-corrected chi connectivity index (χ2v) is 7.29. The van der Waals surface area contributed by atoms with Crippen LogP contribution >= 0.6 is 11.3 Å². The van der Waals surface area contributed by atoms with Gasteiger partial charge in [-0.05, 0) is 33.6 Å². The lowest BCUT2D eigenvalue weighted by Gasteiger charge is -2.27. The number of nitrogens with one attached hydrogen (secondary N) is 1. The summed E-state index contributed by atoms with van der Waals surface area (Å²) in [4.78, 5) is 17.6. The first-order valence-corrected chi connectivity index (χ1v) is 7.59. The van der Waals surface area contributed by atoms with Gasteiger partial charge in [-0.25, -0.2) is 4.98 Å². The number of carbonyl (C=O) groups excluding carboxylic acids is 1. The van der Waals surface area contributed by atoms with E-state index in [9.17, 15) is 9.90 Å². The average molecular weight is 282 g/mol. The number of nitrogens with zero attached hydrogens (tertiary/aromatic N) is 1. The SMILES string of the molecule is Cc1cnc(C(C)(C)NC(=O)CC2(O)CCCC2)s1. The summed E-state index contributed by atoms with van der Waals surface area (Å²) in [5, 5.41) is 14.1. The highest BCUT2D eigenvalue weighted by atomic mass is 32.1. The molecule has 0 aromatic carbocycles. The van der Waals surface area contributed by atoms with E-state index in [4.69, 9.17) is 0 Å². The van der Waals surface area contributed by atoms with Crippen molar-refractivity contribution in [2.24, 2.45) is 0 Å². The molecule has 2 N–H and O–H groups in total. The van der Waals surface area contributed by atoms with E-state index in [0.29, 0.717) is 0 Å². The van der Waals surface area contributed by atoms with Crippen molar-refractivity contribution in [3.63, 3.8) is 0 Å². The van der Waals surface area contributed by atoms with Crippen LogP contribution in [0.2, 0.25) is 0 Å². The molecule has 1 amide bonds. The van der Waals surface area contributed by atoms with Crippen LogP contribution in [-0.2, 0) is 10.3 Å². The Morgan fingerprint density at radius 1 is 1.53 bits per heavy atom. The number of aliphatic hydroxyl groups is 1. The summed E-state index contributed by atoms with van der Waals surface area (Å²) in [6.07, 6.45) is 5.51. The molecule has 0 bridgehead atoms. The number of carbonyl (C=O) groups is 1. The summed E-state index contributed by atoms with van der Waals surface area (Å²) in [7, 11) is 0. The lowest BCUT2D eigenvalue weighted by atomic mass is 9.96. The van der Waals surface area contributed by atoms with E-state index in [1.54, 1.807) is 11.3 Å². The van der Waals surface area contributed by atoms with Crippen LogP contribution in [0.5, 0.6) is 0 Å². The highest BCUT2D eigenvalue weighted by molar-refractivity contribution is 7.11. The number of rotatable bonds is 4. The smallest absolute Gasteiger partial charge is 0.223 e. The Balaban J connectivity index is 1.98. The van der Waals surface area contributed by atoms with Crippen LogP contribution in [0.15, 0.2) is 6.20 Å². The summed E-state index contributed by atoms with van der Waals surface area (Å²) in [6.45, 7) is 5.89. The molecule has 1 fully saturated rings. The molecule has 0 aliphatic heterocycles. The molecule has 1 aromatic heterocycles. The molecular formula is C14H22N2O2S. The van der Waals surface area contributed by atoms with Gasteiger partial charge in [0, 0.05) is 11.1 Å². The van der Waals surface area contributed by atoms with Gasteiger partial charge >= 0.3 is 0 Å². The minimum absolute atomic E-state index is 0.0951. The number of amides is 1. The zero-order chi connectivity index (χ0) is 14.1. The number of thiazole rings is 1. The van der Waals surface area contributed by atoms with Gasteiger partial charge in [-0.1, -0.05) is 12.8 Å². The first kappa shape index (κ1) is 14.5. The summed E-state index contributed by atoms with van der Waals surface area (Å²) >= 11 is 1.59. The van der Waals surface area contributed by atoms with Gasteiger partial charge < -0.3 is 10.4 Å². The fraction of sp³-hybridized carbons (Fsp3) is 0.714. The maximum atomic E-state index is 12.1. The van der Waals surface area contributed by atoms with Crippen LogP contribution in [0.25, 0.3) is 0 Å². The maximum Gasteiger partial charge on any atom is 0.223 e. The summed E-state index contributed by atoms with van der Waals surface area (Å²) < 4.78 is 0. The van der Waals surface area contributed by atoms with Gasteiger partial charge in [-0.2, -0.15) is 0 Å². The Labute approximate surface area is 118 Å². The molecule has 0 unspecified atom stereocenters. The Hall–Kier alpha value is -0.940. The first-order valence-electron chi connectivity index (χ1n) is 6.77. The van der Waals surface area contributed by atoms with Crippen LogP contribution in [0.3, 0.4) is 0 Å². The third kappa shape index (κ3) is 3.54. The molecule has 106 valence electrons. The molecule has 2 rings (SSSR count). The van der Waals surface area contributed by atoms with E-state index in [1.807, 2.05) is 27.0 Å². The van der Waals surface area contributed by atoms with Crippen molar-refractivity contribution < 1.29 is 9.90 Å². The van der Waals surface area contributed by atoms with E-state index in [-0.39, 0.29) is 12.3 Å². The molecule has 1 heterocycles. The highest BCUT2D eigenvalue weighted by Crippen LogP contribution is 2.33. The van der Waals surface area contributed by atoms with Gasteiger partial charge in [0.1, 0.15) is 5.01 Å². The summed E-state index contributed by atoms with van der Waals surface area (Å²) in [5.41, 5.74) is -1.27. The number of aryl methyl sites for hydroxylation is 1. The fourth-order valence-corrected chi connectivity index (χ4v) is 3.42. The average Bonchev–Trinajstić information content (AvgIpc) is 2.86. The van der Waals surface area contributed by atoms with Crippen molar-refractivity contribution in [3.8, 4) is 0 Å². The van der Waals surface area contributed by atoms with Crippen molar-refractivity contribution in [2.75, 3.05) is 0 Å². The quantitative estimate of drug-likeness (QED) is 0.892. The first-order chi connectivity index (χ1) is 8.81. The van der Waals surface area contributed by atoms with Crippen LogP contribution in [0.4, 0.5) is 0 Å². The van der Waals surface area contributed by atoms with Crippen LogP contribution in [-0.4, -0.2) is 21.6 Å². The minimum atomic E-state index is -0.793. The van der Waals surface area contributed by atoms with Gasteiger partial charge in [0.05, 0.1) is 17.6 Å². The molecular weight excluding hydrogens is 260 g/mol. The lowest BCUT2D eigenvalue weighted by molar-refractivity contribution is -0.127. The Bertz CT molecular complexity index is 462. The molecule has 1 aliphatic rings. The Morgan fingerprint density at radius 2 is 2.16 bits per heavy atom. The highest BCUT2D eigenvalue weighted by Gasteiger charge is 2.35. The predicted octanol–water partition coefficient (Wildman–Crippen LogP) is 2.50. The van der Waals surface area contributed by atoms with E-state index in [2.05, 4.69) is 10.3 Å². The Kier molecular flexibility index (Phi) is 3.97. The Morgan fingerprint density at radius 3 is 2.68 bits per heavy atom. The van der Waals surface area contributed by atoms with Gasteiger partial charge in [0.25, 0.3) is 0 Å². The zero-order valence-electron chi connectivity index (χ0n) is 11.8. The topological polar surface area (TPSA) is 62.2 Å². The third-order valence-electron chi connectivity index (χ3n) is 3.63. The monoisotopic (exact) mass is 282 g/mol. The van der Waals surface area contributed by atoms with Gasteiger partial charge in [0.15, 0.2) is 0 Å². The summed E-state index contributed by atoms with van der Waals surface area (Å²) in [6, 6.07) is 0.